The average molecular weight is 539 g/mol. The monoisotopic (exact) mass is 538 g/mol. The maximum absolute atomic E-state index is 10.2. The molecule has 1 N–H and O–H groups in total. The smallest absolute Gasteiger partial charge is 0.164 e. The molecule has 0 radical (unpaired) electrons. The predicted molar refractivity (Wildman–Crippen MR) is 161 cm³/mol. The molecule has 4 heteroatoms. The summed E-state index contributed by atoms with van der Waals surface area (Å²) in [6.45, 7) is 12.6. The minimum Gasteiger partial charge on any atom is -0.282 e. The SMILES string of the molecule is CC(C)CCC[C@@H](C)C1CCC2C3CC[C@H]4Cc5c(nn(-c6ccccc6)c(=N)c5C#N)CC4(C)C3CCC21C. The van der Waals surface area contributed by atoms with Crippen molar-refractivity contribution >= 4 is 0 Å². The van der Waals surface area contributed by atoms with E-state index in [1.165, 1.54) is 57.8 Å². The van der Waals surface area contributed by atoms with Crippen LogP contribution in [0.2, 0.25) is 0 Å². The fourth-order valence-electron chi connectivity index (χ4n) is 10.6. The summed E-state index contributed by atoms with van der Waals surface area (Å²) in [4.78, 5) is 0. The minimum absolute atomic E-state index is 0.232. The number of fused-ring (bicyclic) bond motifs is 6. The molecule has 0 aliphatic heterocycles. The van der Waals surface area contributed by atoms with Crippen LogP contribution in [0.5, 0.6) is 0 Å². The van der Waals surface area contributed by atoms with Gasteiger partial charge in [0.15, 0.2) is 5.49 Å². The van der Waals surface area contributed by atoms with E-state index < -0.39 is 0 Å². The summed E-state index contributed by atoms with van der Waals surface area (Å²) < 4.78 is 1.71. The topological polar surface area (TPSA) is 65.5 Å². The normalized spacial score (nSPS) is 35.3. The van der Waals surface area contributed by atoms with E-state index in [-0.39, 0.29) is 10.9 Å². The van der Waals surface area contributed by atoms with Gasteiger partial charge in [0.05, 0.1) is 11.4 Å². The fraction of sp³-hybridized carbons (Fsp3) is 0.694. The van der Waals surface area contributed by atoms with Gasteiger partial charge in [0.1, 0.15) is 11.6 Å². The largest absolute Gasteiger partial charge is 0.282 e. The summed E-state index contributed by atoms with van der Waals surface area (Å²) in [5.74, 6) is 5.61. The molecular weight excluding hydrogens is 488 g/mol. The van der Waals surface area contributed by atoms with E-state index in [1.807, 2.05) is 30.3 Å². The number of nitrogens with zero attached hydrogens (tertiary/aromatic N) is 3. The number of nitrogens with one attached hydrogen (secondary N) is 1. The Labute approximate surface area is 242 Å². The van der Waals surface area contributed by atoms with Crippen LogP contribution in [0.25, 0.3) is 5.69 Å². The van der Waals surface area contributed by atoms with Gasteiger partial charge in [-0.3, -0.25) is 5.41 Å². The van der Waals surface area contributed by atoms with Gasteiger partial charge in [-0.05, 0) is 121 Å². The molecule has 0 bridgehead atoms. The van der Waals surface area contributed by atoms with Crippen molar-refractivity contribution < 1.29 is 0 Å². The van der Waals surface area contributed by atoms with Gasteiger partial charge in [-0.2, -0.15) is 10.4 Å². The van der Waals surface area contributed by atoms with Gasteiger partial charge in [-0.1, -0.05) is 72.1 Å². The van der Waals surface area contributed by atoms with Crippen LogP contribution in [0.15, 0.2) is 30.3 Å². The zero-order valence-electron chi connectivity index (χ0n) is 25.5. The van der Waals surface area contributed by atoms with Gasteiger partial charge < -0.3 is 0 Å². The first-order valence-corrected chi connectivity index (χ1v) is 16.3. The minimum atomic E-state index is 0.232. The van der Waals surface area contributed by atoms with Crippen LogP contribution in [0, 0.1) is 69.0 Å². The van der Waals surface area contributed by atoms with E-state index in [2.05, 4.69) is 40.7 Å². The van der Waals surface area contributed by atoms with Crippen molar-refractivity contribution in [2.75, 3.05) is 0 Å². The van der Waals surface area contributed by atoms with Crippen LogP contribution in [-0.2, 0) is 12.8 Å². The quantitative estimate of drug-likeness (QED) is 0.402. The number of para-hydroxylation sites is 1. The number of benzene rings is 1. The number of hydrogen-bond donors (Lipinski definition) is 1. The first kappa shape index (κ1) is 27.7. The van der Waals surface area contributed by atoms with Crippen LogP contribution in [0.4, 0.5) is 0 Å². The predicted octanol–water partition coefficient (Wildman–Crippen LogP) is 8.26. The summed E-state index contributed by atoms with van der Waals surface area (Å²) >= 11 is 0. The second-order valence-electron chi connectivity index (χ2n) is 15.1. The van der Waals surface area contributed by atoms with Gasteiger partial charge in [0.25, 0.3) is 0 Å². The van der Waals surface area contributed by atoms with Gasteiger partial charge in [0.2, 0.25) is 0 Å². The van der Waals surface area contributed by atoms with Gasteiger partial charge >= 0.3 is 0 Å². The Bertz CT molecular complexity index is 1340. The van der Waals surface area contributed by atoms with Crippen molar-refractivity contribution in [2.24, 2.45) is 52.3 Å². The number of hydrogen-bond acceptors (Lipinski definition) is 3. The molecule has 6 rings (SSSR count). The molecule has 1 heterocycles. The molecule has 3 fully saturated rings. The molecule has 4 aliphatic carbocycles. The van der Waals surface area contributed by atoms with Crippen LogP contribution >= 0.6 is 0 Å². The Hall–Kier alpha value is -2.41. The highest BCUT2D eigenvalue weighted by molar-refractivity contribution is 5.43. The van der Waals surface area contributed by atoms with Crippen molar-refractivity contribution in [1.29, 1.82) is 10.7 Å². The molecule has 1 aromatic carbocycles. The lowest BCUT2D eigenvalue weighted by molar-refractivity contribution is -0.104. The maximum atomic E-state index is 10.2. The lowest BCUT2D eigenvalue weighted by Crippen LogP contribution is -2.55. The Balaban J connectivity index is 1.28. The average Bonchev–Trinajstić information content (AvgIpc) is 3.29. The highest BCUT2D eigenvalue weighted by Crippen LogP contribution is 2.68. The van der Waals surface area contributed by atoms with E-state index in [0.717, 1.165) is 65.3 Å². The van der Waals surface area contributed by atoms with Crippen molar-refractivity contribution in [1.82, 2.24) is 9.78 Å². The highest BCUT2D eigenvalue weighted by Gasteiger charge is 2.60. The molecule has 1 aromatic heterocycles. The molecule has 4 nitrogen and oxygen atoms in total. The molecule has 8 atom stereocenters. The Morgan fingerprint density at radius 3 is 2.48 bits per heavy atom. The molecule has 40 heavy (non-hydrogen) atoms. The molecule has 0 spiro atoms. The van der Waals surface area contributed by atoms with Crippen LogP contribution in [0.3, 0.4) is 0 Å². The molecule has 3 saturated carbocycles. The highest BCUT2D eigenvalue weighted by atomic mass is 15.3. The zero-order chi connectivity index (χ0) is 28.2. The standard InChI is InChI=1S/C36H50N4/c1-23(2)10-9-11-24(3)30-16-17-31-27-15-14-25-20-28-29(22-37)34(38)40(26-12-7-6-8-13-26)39-33(28)21-36(25,5)32(27)18-19-35(30,31)4/h6-8,12-13,23-25,27,30-32,38H,9-11,14-21H2,1-5H3/t24-,25+,27?,30?,31?,32?,35?,36?/m1/s1. The molecular formula is C36H50N4. The molecule has 4 aliphatic rings. The summed E-state index contributed by atoms with van der Waals surface area (Å²) in [5, 5.41) is 24.1. The zero-order valence-corrected chi connectivity index (χ0v) is 25.5. The van der Waals surface area contributed by atoms with Gasteiger partial charge in [0, 0.05) is 0 Å². The first-order valence-electron chi connectivity index (χ1n) is 16.3. The van der Waals surface area contributed by atoms with E-state index in [9.17, 15) is 5.26 Å². The lowest BCUT2D eigenvalue weighted by atomic mass is 9.44. The van der Waals surface area contributed by atoms with E-state index >= 15 is 0 Å². The van der Waals surface area contributed by atoms with Crippen LogP contribution < -0.4 is 5.49 Å². The van der Waals surface area contributed by atoms with Gasteiger partial charge in [-0.15, -0.1) is 0 Å². The Morgan fingerprint density at radius 2 is 1.75 bits per heavy atom. The van der Waals surface area contributed by atoms with Crippen molar-refractivity contribution in [3.63, 3.8) is 0 Å². The number of rotatable bonds is 6. The second-order valence-corrected chi connectivity index (χ2v) is 15.1. The number of nitriles is 1. The summed E-state index contributed by atoms with van der Waals surface area (Å²) in [7, 11) is 0. The summed E-state index contributed by atoms with van der Waals surface area (Å²) in [6, 6.07) is 12.4. The van der Waals surface area contributed by atoms with Crippen molar-refractivity contribution in [2.45, 2.75) is 105 Å². The van der Waals surface area contributed by atoms with E-state index in [4.69, 9.17) is 10.5 Å². The third kappa shape index (κ3) is 4.38. The van der Waals surface area contributed by atoms with Crippen molar-refractivity contribution in [3.8, 4) is 11.8 Å². The molecule has 6 unspecified atom stereocenters. The van der Waals surface area contributed by atoms with Crippen LogP contribution in [-0.4, -0.2) is 9.78 Å². The van der Waals surface area contributed by atoms with E-state index in [1.54, 1.807) is 4.68 Å². The fourth-order valence-corrected chi connectivity index (χ4v) is 10.6. The van der Waals surface area contributed by atoms with Crippen molar-refractivity contribution in [3.05, 3.63) is 52.6 Å². The third-order valence-corrected chi connectivity index (χ3v) is 12.7. The first-order chi connectivity index (χ1) is 19.2. The van der Waals surface area contributed by atoms with E-state index in [0.29, 0.717) is 16.9 Å². The lowest BCUT2D eigenvalue weighted by Gasteiger charge is -2.60. The molecule has 2 aromatic rings. The van der Waals surface area contributed by atoms with Crippen LogP contribution in [0.1, 0.15) is 109 Å². The Morgan fingerprint density at radius 1 is 1.00 bits per heavy atom. The molecule has 0 saturated heterocycles. The second kappa shape index (κ2) is 10.5. The Kier molecular flexibility index (Phi) is 7.25. The van der Waals surface area contributed by atoms with Gasteiger partial charge in [-0.25, -0.2) is 4.68 Å². The number of aromatic nitrogens is 2. The maximum Gasteiger partial charge on any atom is 0.164 e. The molecule has 214 valence electrons. The third-order valence-electron chi connectivity index (χ3n) is 12.7. The summed E-state index contributed by atoms with van der Waals surface area (Å²) in [5.41, 5.74) is 4.53. The summed E-state index contributed by atoms with van der Waals surface area (Å²) in [6.07, 6.45) is 14.3. The molecule has 0 amide bonds.